The molecule has 0 fully saturated rings. The zero-order valence-corrected chi connectivity index (χ0v) is 6.74. The number of rotatable bonds is 3. The molecule has 0 saturated carbocycles. The topological polar surface area (TPSA) is 47.3 Å². The van der Waals surface area contributed by atoms with Crippen molar-refractivity contribution in [3.8, 4) is 5.88 Å². The molecule has 0 saturated heterocycles. The monoisotopic (exact) mass is 156 g/mol. The van der Waals surface area contributed by atoms with Gasteiger partial charge in [0.2, 0.25) is 5.88 Å². The first-order valence-corrected chi connectivity index (χ1v) is 3.54. The van der Waals surface area contributed by atoms with Crippen molar-refractivity contribution < 1.29 is 9.84 Å². The Hall–Kier alpha value is -1.03. The number of aliphatic hydroxyl groups excluding tert-OH is 1. The molecule has 0 spiro atoms. The zero-order valence-electron chi connectivity index (χ0n) is 6.74. The van der Waals surface area contributed by atoms with Gasteiger partial charge >= 0.3 is 0 Å². The molecule has 1 N–H and O–H groups in total. The highest BCUT2D eigenvalue weighted by Crippen LogP contribution is 2.15. The Morgan fingerprint density at radius 3 is 3.00 bits per heavy atom. The highest BCUT2D eigenvalue weighted by molar-refractivity contribution is 5.22. The van der Waals surface area contributed by atoms with E-state index in [-0.39, 0.29) is 6.61 Å². The van der Waals surface area contributed by atoms with E-state index >= 15 is 0 Å². The summed E-state index contributed by atoms with van der Waals surface area (Å²) in [5.74, 6) is 0.648. The number of ether oxygens (including phenoxy) is 1. The van der Waals surface area contributed by atoms with Gasteiger partial charge in [0.05, 0.1) is 25.0 Å². The van der Waals surface area contributed by atoms with Crippen molar-refractivity contribution in [1.82, 2.24) is 9.78 Å². The van der Waals surface area contributed by atoms with Gasteiger partial charge in [-0.1, -0.05) is 0 Å². The quantitative estimate of drug-likeness (QED) is 0.685. The number of aryl methyl sites for hydroxylation is 1. The Balaban J connectivity index is 2.88. The van der Waals surface area contributed by atoms with E-state index in [0.717, 1.165) is 5.56 Å². The van der Waals surface area contributed by atoms with Crippen LogP contribution in [0.25, 0.3) is 0 Å². The average molecular weight is 156 g/mol. The molecular weight excluding hydrogens is 144 g/mol. The van der Waals surface area contributed by atoms with E-state index in [1.165, 1.54) is 0 Å². The Labute approximate surface area is 65.4 Å². The predicted molar refractivity (Wildman–Crippen MR) is 40.3 cm³/mol. The maximum Gasteiger partial charge on any atom is 0.217 e. The van der Waals surface area contributed by atoms with E-state index in [4.69, 9.17) is 9.84 Å². The fourth-order valence-corrected chi connectivity index (χ4v) is 0.903. The normalized spacial score (nSPS) is 10.1. The third-order valence-corrected chi connectivity index (χ3v) is 1.41. The smallest absolute Gasteiger partial charge is 0.217 e. The summed E-state index contributed by atoms with van der Waals surface area (Å²) in [6.07, 6.45) is 1.60. The van der Waals surface area contributed by atoms with Gasteiger partial charge in [0, 0.05) is 7.05 Å². The second-order valence-corrected chi connectivity index (χ2v) is 2.19. The van der Waals surface area contributed by atoms with Crippen molar-refractivity contribution in [2.75, 3.05) is 6.61 Å². The summed E-state index contributed by atoms with van der Waals surface area (Å²) >= 11 is 0. The molecule has 1 rings (SSSR count). The molecule has 0 aliphatic heterocycles. The molecule has 1 aromatic rings. The lowest BCUT2D eigenvalue weighted by Crippen LogP contribution is -2.01. The fraction of sp³-hybridized carbons (Fsp3) is 0.571. The van der Waals surface area contributed by atoms with Crippen molar-refractivity contribution >= 4 is 0 Å². The van der Waals surface area contributed by atoms with Crippen LogP contribution in [0.2, 0.25) is 0 Å². The molecule has 4 heteroatoms. The van der Waals surface area contributed by atoms with Crippen molar-refractivity contribution in [2.45, 2.75) is 13.5 Å². The van der Waals surface area contributed by atoms with Gasteiger partial charge in [-0.2, -0.15) is 5.10 Å². The first-order valence-electron chi connectivity index (χ1n) is 3.54. The van der Waals surface area contributed by atoms with Gasteiger partial charge in [-0.15, -0.1) is 0 Å². The first-order chi connectivity index (χ1) is 5.29. The van der Waals surface area contributed by atoms with Crippen LogP contribution in [-0.4, -0.2) is 21.5 Å². The van der Waals surface area contributed by atoms with Crippen LogP contribution in [0.1, 0.15) is 12.5 Å². The van der Waals surface area contributed by atoms with Gasteiger partial charge in [0.25, 0.3) is 0 Å². The molecule has 1 aromatic heterocycles. The standard InChI is InChI=1S/C7H12N2O2/c1-3-11-7-6(5-10)4-8-9(7)2/h4,10H,3,5H2,1-2H3. The van der Waals surface area contributed by atoms with Gasteiger partial charge in [-0.3, -0.25) is 0 Å². The average Bonchev–Trinajstić information content (AvgIpc) is 2.34. The van der Waals surface area contributed by atoms with E-state index < -0.39 is 0 Å². The largest absolute Gasteiger partial charge is 0.478 e. The number of nitrogens with zero attached hydrogens (tertiary/aromatic N) is 2. The summed E-state index contributed by atoms with van der Waals surface area (Å²) in [6.45, 7) is 2.46. The van der Waals surface area contributed by atoms with Crippen LogP contribution in [0.3, 0.4) is 0 Å². The second kappa shape index (κ2) is 3.39. The Morgan fingerprint density at radius 1 is 1.73 bits per heavy atom. The van der Waals surface area contributed by atoms with E-state index in [1.807, 2.05) is 6.92 Å². The van der Waals surface area contributed by atoms with Gasteiger partial charge in [0.1, 0.15) is 0 Å². The maximum absolute atomic E-state index is 8.83. The first kappa shape index (κ1) is 8.07. The van der Waals surface area contributed by atoms with E-state index in [9.17, 15) is 0 Å². The summed E-state index contributed by atoms with van der Waals surface area (Å²) in [4.78, 5) is 0. The van der Waals surface area contributed by atoms with E-state index in [0.29, 0.717) is 12.5 Å². The molecule has 11 heavy (non-hydrogen) atoms. The van der Waals surface area contributed by atoms with Crippen LogP contribution in [0.5, 0.6) is 5.88 Å². The second-order valence-electron chi connectivity index (χ2n) is 2.19. The molecule has 0 unspecified atom stereocenters. The lowest BCUT2D eigenvalue weighted by molar-refractivity contribution is 0.260. The van der Waals surface area contributed by atoms with Gasteiger partial charge < -0.3 is 9.84 Å². The minimum Gasteiger partial charge on any atom is -0.478 e. The molecule has 0 aliphatic carbocycles. The van der Waals surface area contributed by atoms with Crippen LogP contribution < -0.4 is 4.74 Å². The molecule has 0 bridgehead atoms. The SMILES string of the molecule is CCOc1c(CO)cnn1C. The summed E-state index contributed by atoms with van der Waals surface area (Å²) < 4.78 is 6.85. The number of hydrogen-bond donors (Lipinski definition) is 1. The molecule has 0 amide bonds. The van der Waals surface area contributed by atoms with E-state index in [1.54, 1.807) is 17.9 Å². The van der Waals surface area contributed by atoms with Crippen LogP contribution in [-0.2, 0) is 13.7 Å². The Bertz CT molecular complexity index is 232. The number of aliphatic hydroxyl groups is 1. The summed E-state index contributed by atoms with van der Waals surface area (Å²) in [6, 6.07) is 0. The molecular formula is C7H12N2O2. The minimum atomic E-state index is -0.0246. The van der Waals surface area contributed by atoms with E-state index in [2.05, 4.69) is 5.10 Å². The van der Waals surface area contributed by atoms with Gasteiger partial charge in [-0.25, -0.2) is 4.68 Å². The van der Waals surface area contributed by atoms with Crippen molar-refractivity contribution in [3.63, 3.8) is 0 Å². The molecule has 62 valence electrons. The third-order valence-electron chi connectivity index (χ3n) is 1.41. The number of aromatic nitrogens is 2. The fourth-order valence-electron chi connectivity index (χ4n) is 0.903. The minimum absolute atomic E-state index is 0.0246. The molecule has 0 aromatic carbocycles. The van der Waals surface area contributed by atoms with Crippen LogP contribution in [0, 0.1) is 0 Å². The lowest BCUT2D eigenvalue weighted by atomic mass is 10.4. The van der Waals surface area contributed by atoms with Crippen molar-refractivity contribution in [2.24, 2.45) is 7.05 Å². The number of hydrogen-bond acceptors (Lipinski definition) is 3. The van der Waals surface area contributed by atoms with Crippen LogP contribution in [0.15, 0.2) is 6.20 Å². The highest BCUT2D eigenvalue weighted by Gasteiger charge is 2.06. The molecule has 0 atom stereocenters. The third kappa shape index (κ3) is 1.51. The highest BCUT2D eigenvalue weighted by atomic mass is 16.5. The van der Waals surface area contributed by atoms with Crippen LogP contribution >= 0.6 is 0 Å². The van der Waals surface area contributed by atoms with Gasteiger partial charge in [0.15, 0.2) is 0 Å². The zero-order chi connectivity index (χ0) is 8.27. The van der Waals surface area contributed by atoms with Crippen LogP contribution in [0.4, 0.5) is 0 Å². The Morgan fingerprint density at radius 2 is 2.45 bits per heavy atom. The molecule has 0 radical (unpaired) electrons. The summed E-state index contributed by atoms with van der Waals surface area (Å²) in [5, 5.41) is 12.8. The summed E-state index contributed by atoms with van der Waals surface area (Å²) in [5.41, 5.74) is 0.731. The molecule has 0 aliphatic rings. The van der Waals surface area contributed by atoms with Crippen molar-refractivity contribution in [1.29, 1.82) is 0 Å². The predicted octanol–water partition coefficient (Wildman–Crippen LogP) is 0.311. The maximum atomic E-state index is 8.83. The molecule has 4 nitrogen and oxygen atoms in total. The Kier molecular flexibility index (Phi) is 2.48. The lowest BCUT2D eigenvalue weighted by Gasteiger charge is -2.03. The summed E-state index contributed by atoms with van der Waals surface area (Å²) in [7, 11) is 1.78. The van der Waals surface area contributed by atoms with Crippen molar-refractivity contribution in [3.05, 3.63) is 11.8 Å². The molecule has 1 heterocycles. The van der Waals surface area contributed by atoms with Gasteiger partial charge in [-0.05, 0) is 6.92 Å².